The lowest BCUT2D eigenvalue weighted by molar-refractivity contribution is -0.141. The Bertz CT molecular complexity index is 1470. The molecule has 1 aliphatic heterocycles. The second-order valence-corrected chi connectivity index (χ2v) is 11.0. The fraction of sp³-hybridized carbons (Fsp3) is 0.267. The first-order valence-corrected chi connectivity index (χ1v) is 13.8. The predicted octanol–water partition coefficient (Wildman–Crippen LogP) is 7.36. The van der Waals surface area contributed by atoms with Crippen molar-refractivity contribution in [2.75, 3.05) is 0 Å². The third-order valence-corrected chi connectivity index (χ3v) is 8.05. The molecule has 1 aromatic carbocycles. The molecule has 0 saturated heterocycles. The van der Waals surface area contributed by atoms with Gasteiger partial charge < -0.3 is 10.1 Å². The number of allylic oxidation sites excluding steroid dienone is 2. The van der Waals surface area contributed by atoms with Gasteiger partial charge in [0.25, 0.3) is 5.91 Å². The molecule has 2 aliphatic rings. The number of pyridine rings is 1. The number of hydrogen-bond acceptors (Lipinski definition) is 6. The van der Waals surface area contributed by atoms with Crippen molar-refractivity contribution in [3.8, 4) is 5.75 Å². The Labute approximate surface area is 240 Å². The van der Waals surface area contributed by atoms with Gasteiger partial charge in [0.1, 0.15) is 17.5 Å². The maximum Gasteiger partial charge on any atom is 0.433 e. The van der Waals surface area contributed by atoms with Gasteiger partial charge >= 0.3 is 6.18 Å². The molecule has 2 heterocycles. The van der Waals surface area contributed by atoms with Crippen LogP contribution in [0.1, 0.15) is 55.4 Å². The number of nitrogens with one attached hydrogen (secondary N) is 1. The van der Waals surface area contributed by atoms with Crippen molar-refractivity contribution < 1.29 is 27.5 Å². The van der Waals surface area contributed by atoms with E-state index in [0.29, 0.717) is 34.0 Å². The van der Waals surface area contributed by atoms with Crippen molar-refractivity contribution in [1.29, 1.82) is 0 Å². The maximum atomic E-state index is 13.0. The molecular formula is C30H27F3N2O3S2. The number of carbonyl (C=O) groups is 2. The van der Waals surface area contributed by atoms with Crippen LogP contribution in [0.4, 0.5) is 13.2 Å². The van der Waals surface area contributed by atoms with Gasteiger partial charge in [0, 0.05) is 12.0 Å². The Morgan fingerprint density at radius 1 is 1.25 bits per heavy atom. The molecule has 4 rings (SSSR count). The predicted molar refractivity (Wildman–Crippen MR) is 154 cm³/mol. The van der Waals surface area contributed by atoms with Crippen molar-refractivity contribution in [3.05, 3.63) is 104 Å². The number of ether oxygens (including phenoxy) is 1. The average Bonchev–Trinajstić information content (AvgIpc) is 3.34. The van der Waals surface area contributed by atoms with E-state index in [-0.39, 0.29) is 23.5 Å². The molecule has 10 heteroatoms. The lowest BCUT2D eigenvalue weighted by Gasteiger charge is -2.19. The summed E-state index contributed by atoms with van der Waals surface area (Å²) < 4.78 is 44.9. The van der Waals surface area contributed by atoms with Gasteiger partial charge in [-0.3, -0.25) is 9.59 Å². The molecule has 0 bridgehead atoms. The number of amides is 1. The second-order valence-electron chi connectivity index (χ2n) is 9.44. The Balaban J connectivity index is 1.33. The van der Waals surface area contributed by atoms with Crippen LogP contribution < -0.4 is 10.1 Å². The van der Waals surface area contributed by atoms with E-state index in [1.807, 2.05) is 12.1 Å². The van der Waals surface area contributed by atoms with Crippen LogP contribution >= 0.6 is 24.4 Å². The number of rotatable bonds is 8. The van der Waals surface area contributed by atoms with Crippen LogP contribution in [0.25, 0.3) is 6.08 Å². The minimum atomic E-state index is -4.48. The monoisotopic (exact) mass is 584 g/mol. The van der Waals surface area contributed by atoms with Crippen molar-refractivity contribution in [2.45, 2.75) is 50.8 Å². The van der Waals surface area contributed by atoms with Crippen LogP contribution in [0.15, 0.2) is 87.4 Å². The number of carbonyl (C=O) groups excluding carboxylic acids is 2. The number of nitrogens with zero attached hydrogens (tertiary/aromatic N) is 1. The van der Waals surface area contributed by atoms with Crippen molar-refractivity contribution in [1.82, 2.24) is 10.3 Å². The molecule has 0 spiro atoms. The Hall–Kier alpha value is -3.46. The number of ketones is 1. The van der Waals surface area contributed by atoms with Gasteiger partial charge in [0.15, 0.2) is 5.78 Å². The SMILES string of the molecule is C=C(C(C)=O)C1=C=CC(C)=C(C(=O)NC(S)c2ccc(OC3CCC(=Cc4cccc(C(F)(F)F)n4)C3)cc2)S1. The molecule has 208 valence electrons. The summed E-state index contributed by atoms with van der Waals surface area (Å²) in [5.74, 6) is 0.132. The fourth-order valence-electron chi connectivity index (χ4n) is 4.15. The highest BCUT2D eigenvalue weighted by Gasteiger charge is 2.32. The molecule has 1 amide bonds. The number of aromatic nitrogens is 1. The number of thiol groups is 1. The number of benzene rings is 1. The van der Waals surface area contributed by atoms with Gasteiger partial charge in [-0.15, -0.1) is 18.4 Å². The normalized spacial score (nSPS) is 18.9. The molecule has 1 fully saturated rings. The summed E-state index contributed by atoms with van der Waals surface area (Å²) in [7, 11) is 0. The molecule has 0 radical (unpaired) electrons. The van der Waals surface area contributed by atoms with Gasteiger partial charge in [0.05, 0.1) is 20.9 Å². The summed E-state index contributed by atoms with van der Waals surface area (Å²) in [6, 6.07) is 11.1. The van der Waals surface area contributed by atoms with Gasteiger partial charge in [0.2, 0.25) is 0 Å². The fourth-order valence-corrected chi connectivity index (χ4v) is 5.40. The van der Waals surface area contributed by atoms with Gasteiger partial charge in [-0.2, -0.15) is 13.2 Å². The Morgan fingerprint density at radius 3 is 2.65 bits per heavy atom. The third kappa shape index (κ3) is 7.38. The summed E-state index contributed by atoms with van der Waals surface area (Å²) in [5.41, 5.74) is 5.12. The summed E-state index contributed by atoms with van der Waals surface area (Å²) >= 11 is 5.70. The van der Waals surface area contributed by atoms with E-state index in [1.165, 1.54) is 13.0 Å². The minimum absolute atomic E-state index is 0.104. The third-order valence-electron chi connectivity index (χ3n) is 6.34. The highest BCUT2D eigenvalue weighted by atomic mass is 32.2. The summed E-state index contributed by atoms with van der Waals surface area (Å²) in [5, 5.41) is 2.28. The molecule has 1 aliphatic carbocycles. The molecule has 1 N–H and O–H groups in total. The zero-order valence-electron chi connectivity index (χ0n) is 21.8. The van der Waals surface area contributed by atoms with Crippen LogP contribution in [0, 0.1) is 0 Å². The first-order chi connectivity index (χ1) is 18.9. The average molecular weight is 585 g/mol. The highest BCUT2D eigenvalue weighted by Crippen LogP contribution is 2.36. The van der Waals surface area contributed by atoms with Crippen LogP contribution in [0.2, 0.25) is 0 Å². The molecular weight excluding hydrogens is 557 g/mol. The Morgan fingerprint density at radius 2 is 1.98 bits per heavy atom. The lowest BCUT2D eigenvalue weighted by Crippen LogP contribution is -2.27. The van der Waals surface area contributed by atoms with Gasteiger partial charge in [-0.1, -0.05) is 42.1 Å². The zero-order valence-corrected chi connectivity index (χ0v) is 23.6. The quantitative estimate of drug-likeness (QED) is 0.147. The second kappa shape index (κ2) is 12.4. The van der Waals surface area contributed by atoms with E-state index in [0.717, 1.165) is 41.0 Å². The number of hydrogen-bond donors (Lipinski definition) is 2. The van der Waals surface area contributed by atoms with E-state index >= 15 is 0 Å². The van der Waals surface area contributed by atoms with E-state index in [4.69, 9.17) is 4.74 Å². The maximum absolute atomic E-state index is 13.0. The van der Waals surface area contributed by atoms with E-state index in [1.54, 1.807) is 37.3 Å². The molecule has 5 nitrogen and oxygen atoms in total. The van der Waals surface area contributed by atoms with E-state index in [2.05, 4.69) is 35.2 Å². The zero-order chi connectivity index (χ0) is 29.0. The topological polar surface area (TPSA) is 68.3 Å². The highest BCUT2D eigenvalue weighted by molar-refractivity contribution is 8.07. The standard InChI is InChI=1S/C30H27F3N2O3S2/c1-17-7-14-25(18(2)19(3)36)40-27(17)28(37)35-29(39)21-9-12-23(13-10-21)38-24-11-8-20(16-24)15-22-5-4-6-26(34-22)30(31,32)33/h4-7,9-10,12-13,15,24,29,39H,2,8,11,16H2,1,3H3,(H,35,37). The van der Waals surface area contributed by atoms with Gasteiger partial charge in [-0.25, -0.2) is 4.98 Å². The first kappa shape index (κ1) is 29.5. The van der Waals surface area contributed by atoms with Crippen molar-refractivity contribution in [3.63, 3.8) is 0 Å². The molecule has 40 heavy (non-hydrogen) atoms. The van der Waals surface area contributed by atoms with Crippen molar-refractivity contribution in [2.24, 2.45) is 0 Å². The lowest BCUT2D eigenvalue weighted by atomic mass is 10.1. The van der Waals surface area contributed by atoms with Crippen LogP contribution in [0.3, 0.4) is 0 Å². The van der Waals surface area contributed by atoms with E-state index < -0.39 is 17.2 Å². The summed E-state index contributed by atoms with van der Waals surface area (Å²) in [6.45, 7) is 6.98. The van der Waals surface area contributed by atoms with Crippen LogP contribution in [0.5, 0.6) is 5.75 Å². The molecule has 2 aromatic rings. The molecule has 1 aromatic heterocycles. The molecule has 1 saturated carbocycles. The minimum Gasteiger partial charge on any atom is -0.490 e. The number of alkyl halides is 3. The van der Waals surface area contributed by atoms with Crippen LogP contribution in [-0.4, -0.2) is 22.8 Å². The number of thioether (sulfide) groups is 1. The number of halogens is 3. The largest absolute Gasteiger partial charge is 0.490 e. The molecule has 2 atom stereocenters. The molecule has 2 unspecified atom stereocenters. The summed E-state index contributed by atoms with van der Waals surface area (Å²) in [4.78, 5) is 29.3. The van der Waals surface area contributed by atoms with Gasteiger partial charge in [-0.05, 0) is 74.2 Å². The van der Waals surface area contributed by atoms with Crippen molar-refractivity contribution >= 4 is 42.2 Å². The van der Waals surface area contributed by atoms with E-state index in [9.17, 15) is 22.8 Å². The Kier molecular flexibility index (Phi) is 9.13. The smallest absolute Gasteiger partial charge is 0.433 e. The first-order valence-electron chi connectivity index (χ1n) is 12.5. The summed E-state index contributed by atoms with van der Waals surface area (Å²) in [6.07, 6.45) is 0.822. The number of Topliss-reactive ketones (excluding diaryl/α,β-unsaturated/α-hetero) is 1. The van der Waals surface area contributed by atoms with Crippen LogP contribution in [-0.2, 0) is 15.8 Å².